The first-order valence-corrected chi connectivity index (χ1v) is 11.4. The van der Waals surface area contributed by atoms with E-state index >= 15 is 0 Å². The molecule has 0 spiro atoms. The van der Waals surface area contributed by atoms with Gasteiger partial charge in [-0.1, -0.05) is 71.9 Å². The minimum Gasteiger partial charge on any atom is -0.549 e. The summed E-state index contributed by atoms with van der Waals surface area (Å²) in [6.45, 7) is 0. The minimum absolute atomic E-state index is 0.315. The number of hydrogen-bond acceptors (Lipinski definition) is 6. The van der Waals surface area contributed by atoms with Crippen molar-refractivity contribution < 1.29 is 9.90 Å². The first kappa shape index (κ1) is 21.1. The number of carbonyl (C=O) groups is 1. The highest BCUT2D eigenvalue weighted by molar-refractivity contribution is 8.00. The number of nitriles is 1. The molecular weight excluding hydrogens is 448 g/mol. The lowest BCUT2D eigenvalue weighted by Crippen LogP contribution is -2.28. The fourth-order valence-electron chi connectivity index (χ4n) is 3.11. The average Bonchev–Trinajstić information content (AvgIpc) is 3.33. The molecule has 0 aliphatic heterocycles. The Hall–Kier alpha value is -3.11. The minimum atomic E-state index is -1.24. The van der Waals surface area contributed by atoms with Crippen molar-refractivity contribution in [3.05, 3.63) is 94.3 Å². The lowest BCUT2D eigenvalue weighted by molar-refractivity contribution is -0.305. The van der Waals surface area contributed by atoms with Crippen LogP contribution in [0.15, 0.2) is 83.2 Å². The maximum absolute atomic E-state index is 12.0. The summed E-state index contributed by atoms with van der Waals surface area (Å²) < 4.78 is 0. The standard InChI is InChI=1S/C24H15ClN2O2S2/c25-17-10-8-15(9-11-17)18-13-20(21-7-4-12-30-21)27-23(19(18)14-26)31-22(24(28)29)16-5-2-1-3-6-16/h1-13,22H,(H,28,29)/p-1/t22-/m0/s1. The zero-order valence-corrected chi connectivity index (χ0v) is 18.4. The molecule has 2 aromatic heterocycles. The van der Waals surface area contributed by atoms with Crippen LogP contribution >= 0.6 is 34.7 Å². The molecule has 2 aromatic carbocycles. The van der Waals surface area contributed by atoms with Crippen molar-refractivity contribution in [1.82, 2.24) is 4.98 Å². The number of hydrogen-bond donors (Lipinski definition) is 0. The van der Waals surface area contributed by atoms with E-state index in [9.17, 15) is 15.2 Å². The average molecular weight is 462 g/mol. The molecule has 0 unspecified atom stereocenters. The lowest BCUT2D eigenvalue weighted by atomic mass is 10.0. The predicted octanol–water partition coefficient (Wildman–Crippen LogP) is 5.59. The second kappa shape index (κ2) is 9.36. The highest BCUT2D eigenvalue weighted by atomic mass is 35.5. The number of pyridine rings is 1. The molecule has 0 aliphatic rings. The molecule has 0 amide bonds. The predicted molar refractivity (Wildman–Crippen MR) is 123 cm³/mol. The first-order valence-electron chi connectivity index (χ1n) is 9.24. The molecule has 4 rings (SSSR count). The molecule has 0 fully saturated rings. The van der Waals surface area contributed by atoms with Crippen molar-refractivity contribution in [2.75, 3.05) is 0 Å². The summed E-state index contributed by atoms with van der Waals surface area (Å²) in [6.07, 6.45) is 0. The smallest absolute Gasteiger partial charge is 0.116 e. The van der Waals surface area contributed by atoms with Gasteiger partial charge >= 0.3 is 0 Å². The van der Waals surface area contributed by atoms with E-state index in [2.05, 4.69) is 11.1 Å². The maximum Gasteiger partial charge on any atom is 0.116 e. The van der Waals surface area contributed by atoms with Crippen molar-refractivity contribution >= 4 is 40.7 Å². The fourth-order valence-corrected chi connectivity index (χ4v) is 4.96. The van der Waals surface area contributed by atoms with Crippen LogP contribution in [-0.2, 0) is 4.79 Å². The van der Waals surface area contributed by atoms with Gasteiger partial charge in [0.05, 0.1) is 27.4 Å². The zero-order chi connectivity index (χ0) is 21.8. The molecule has 0 aliphatic carbocycles. The summed E-state index contributed by atoms with van der Waals surface area (Å²) in [5.74, 6) is -1.24. The SMILES string of the molecule is N#Cc1c(-c2ccc(Cl)cc2)cc(-c2cccs2)nc1S[C@H](C(=O)[O-])c1ccccc1. The van der Waals surface area contributed by atoms with Crippen LogP contribution in [0.25, 0.3) is 21.7 Å². The van der Waals surface area contributed by atoms with Crippen molar-refractivity contribution in [2.24, 2.45) is 0 Å². The molecule has 0 N–H and O–H groups in total. The van der Waals surface area contributed by atoms with Crippen LogP contribution in [0.2, 0.25) is 5.02 Å². The summed E-state index contributed by atoms with van der Waals surface area (Å²) in [6, 6.07) is 23.9. The fraction of sp³-hybridized carbons (Fsp3) is 0.0417. The number of carboxylic acid groups (broad SMARTS) is 1. The van der Waals surface area contributed by atoms with Crippen molar-refractivity contribution in [2.45, 2.75) is 10.3 Å². The highest BCUT2D eigenvalue weighted by Crippen LogP contribution is 2.41. The van der Waals surface area contributed by atoms with Crippen LogP contribution in [0.3, 0.4) is 0 Å². The first-order chi connectivity index (χ1) is 15.1. The number of thioether (sulfide) groups is 1. The van der Waals surface area contributed by atoms with E-state index in [1.54, 1.807) is 36.4 Å². The van der Waals surface area contributed by atoms with E-state index < -0.39 is 11.2 Å². The topological polar surface area (TPSA) is 76.8 Å². The van der Waals surface area contributed by atoms with Gasteiger partial charge in [-0.3, -0.25) is 0 Å². The maximum atomic E-state index is 12.0. The van der Waals surface area contributed by atoms with E-state index in [-0.39, 0.29) is 0 Å². The molecule has 2 heterocycles. The number of carboxylic acids is 1. The molecule has 31 heavy (non-hydrogen) atoms. The van der Waals surface area contributed by atoms with Gasteiger partial charge in [0.25, 0.3) is 0 Å². The van der Waals surface area contributed by atoms with Crippen LogP contribution in [0.1, 0.15) is 16.4 Å². The third-order valence-electron chi connectivity index (χ3n) is 4.57. The number of aliphatic carboxylic acids is 1. The van der Waals surface area contributed by atoms with E-state index in [4.69, 9.17) is 11.6 Å². The van der Waals surface area contributed by atoms with Gasteiger partial charge < -0.3 is 9.90 Å². The third kappa shape index (κ3) is 4.64. The Labute approximate surface area is 192 Å². The molecule has 0 saturated heterocycles. The monoisotopic (exact) mass is 461 g/mol. The Kier molecular flexibility index (Phi) is 6.38. The number of halogens is 1. The van der Waals surface area contributed by atoms with Crippen LogP contribution < -0.4 is 5.11 Å². The summed E-state index contributed by atoms with van der Waals surface area (Å²) in [5.41, 5.74) is 3.03. The summed E-state index contributed by atoms with van der Waals surface area (Å²) in [4.78, 5) is 17.5. The molecule has 0 radical (unpaired) electrons. The third-order valence-corrected chi connectivity index (χ3v) is 6.94. The Balaban J connectivity index is 1.89. The number of aromatic nitrogens is 1. The normalized spacial score (nSPS) is 11.6. The highest BCUT2D eigenvalue weighted by Gasteiger charge is 2.22. The van der Waals surface area contributed by atoms with Crippen LogP contribution in [0.5, 0.6) is 0 Å². The van der Waals surface area contributed by atoms with Gasteiger partial charge in [-0.2, -0.15) is 5.26 Å². The van der Waals surface area contributed by atoms with Gasteiger partial charge in [0.1, 0.15) is 11.1 Å². The molecule has 4 nitrogen and oxygen atoms in total. The van der Waals surface area contributed by atoms with Gasteiger partial charge in [-0.05, 0) is 40.8 Å². The van der Waals surface area contributed by atoms with Crippen LogP contribution in [0, 0.1) is 11.3 Å². The largest absolute Gasteiger partial charge is 0.549 e. The molecule has 7 heteroatoms. The number of benzene rings is 2. The Morgan fingerprint density at radius 3 is 2.45 bits per heavy atom. The molecule has 4 aromatic rings. The number of carbonyl (C=O) groups excluding carboxylic acids is 1. The summed E-state index contributed by atoms with van der Waals surface area (Å²) in [7, 11) is 0. The van der Waals surface area contributed by atoms with E-state index in [0.29, 0.717) is 32.4 Å². The van der Waals surface area contributed by atoms with E-state index in [1.807, 2.05) is 41.8 Å². The second-order valence-corrected chi connectivity index (χ2v) is 9.04. The van der Waals surface area contributed by atoms with Crippen molar-refractivity contribution in [3.63, 3.8) is 0 Å². The number of thiophene rings is 1. The molecule has 1 atom stereocenters. The number of nitrogens with zero attached hydrogens (tertiary/aromatic N) is 2. The molecule has 0 bridgehead atoms. The van der Waals surface area contributed by atoms with E-state index in [0.717, 1.165) is 22.2 Å². The summed E-state index contributed by atoms with van der Waals surface area (Å²) in [5, 5.41) is 23.8. The van der Waals surface area contributed by atoms with Crippen LogP contribution in [0.4, 0.5) is 0 Å². The lowest BCUT2D eigenvalue weighted by Gasteiger charge is -2.19. The Bertz CT molecular complexity index is 1250. The van der Waals surface area contributed by atoms with E-state index in [1.165, 1.54) is 11.3 Å². The number of rotatable bonds is 6. The quantitative estimate of drug-likeness (QED) is 0.350. The van der Waals surface area contributed by atoms with Gasteiger partial charge in [0.15, 0.2) is 0 Å². The summed E-state index contributed by atoms with van der Waals surface area (Å²) >= 11 is 8.57. The molecule has 0 saturated carbocycles. The van der Waals surface area contributed by atoms with Gasteiger partial charge in [-0.15, -0.1) is 11.3 Å². The van der Waals surface area contributed by atoms with Crippen molar-refractivity contribution in [1.29, 1.82) is 5.26 Å². The van der Waals surface area contributed by atoms with Crippen LogP contribution in [-0.4, -0.2) is 11.0 Å². The molecular formula is C24H14ClN2O2S2-. The Morgan fingerprint density at radius 2 is 1.84 bits per heavy atom. The van der Waals surface area contributed by atoms with Gasteiger partial charge in [0.2, 0.25) is 0 Å². The van der Waals surface area contributed by atoms with Gasteiger partial charge in [-0.25, -0.2) is 4.98 Å². The second-order valence-electron chi connectivity index (χ2n) is 6.56. The van der Waals surface area contributed by atoms with Gasteiger partial charge in [0, 0.05) is 10.6 Å². The Morgan fingerprint density at radius 1 is 1.10 bits per heavy atom. The van der Waals surface area contributed by atoms with Crippen molar-refractivity contribution in [3.8, 4) is 27.8 Å². The zero-order valence-electron chi connectivity index (χ0n) is 16.0. The molecule has 152 valence electrons.